The van der Waals surface area contributed by atoms with Crippen molar-refractivity contribution in [3.63, 3.8) is 0 Å². The van der Waals surface area contributed by atoms with Crippen LogP contribution in [0.4, 0.5) is 4.39 Å². The van der Waals surface area contributed by atoms with Crippen LogP contribution in [0.5, 0.6) is 0 Å². The molecule has 1 aromatic heterocycles. The van der Waals surface area contributed by atoms with Gasteiger partial charge in [-0.3, -0.25) is 32.9 Å². The van der Waals surface area contributed by atoms with Gasteiger partial charge in [0.05, 0.1) is 43.1 Å². The summed E-state index contributed by atoms with van der Waals surface area (Å²) in [5, 5.41) is 3.20. The highest BCUT2D eigenvalue weighted by atomic mass is 32.2. The van der Waals surface area contributed by atoms with Gasteiger partial charge in [-0.15, -0.1) is 0 Å². The second-order valence-corrected chi connectivity index (χ2v) is 24.5. The minimum Gasteiger partial charge on any atom is -0.411 e. The Morgan fingerprint density at radius 1 is 1.11 bits per heavy atom. The number of nitrogens with one attached hydrogen (secondary N) is 2. The van der Waals surface area contributed by atoms with E-state index in [1.807, 2.05) is 31.9 Å². The first kappa shape index (κ1) is 43.6. The summed E-state index contributed by atoms with van der Waals surface area (Å²) in [6.45, 7) is 17.3. The number of hydrogen-bond acceptors (Lipinski definition) is 12. The fourth-order valence-corrected chi connectivity index (χ4v) is 9.67. The molecular formula is C34H56FN4O11PSSi. The quantitative estimate of drug-likeness (QED) is 0.131. The van der Waals surface area contributed by atoms with E-state index in [1.165, 1.54) is 23.9 Å². The van der Waals surface area contributed by atoms with Gasteiger partial charge in [-0.1, -0.05) is 38.5 Å². The molecule has 2 aromatic rings. The Balaban J connectivity index is 1.54. The summed E-state index contributed by atoms with van der Waals surface area (Å²) in [5.74, 6) is -1.16. The summed E-state index contributed by atoms with van der Waals surface area (Å²) < 4.78 is 93.0. The summed E-state index contributed by atoms with van der Waals surface area (Å²) in [5.41, 5.74) is -1.31. The highest BCUT2D eigenvalue weighted by Crippen LogP contribution is 2.52. The number of aryl methyl sites for hydroxylation is 1. The molecule has 3 unspecified atom stereocenters. The number of ether oxygens (including phenoxy) is 2. The van der Waals surface area contributed by atoms with Crippen LogP contribution in [0, 0.1) is 12.7 Å². The zero-order valence-electron chi connectivity index (χ0n) is 32.3. The van der Waals surface area contributed by atoms with Gasteiger partial charge in [0.2, 0.25) is 5.82 Å². The lowest BCUT2D eigenvalue weighted by Gasteiger charge is -2.41. The maximum absolute atomic E-state index is 14.6. The maximum atomic E-state index is 14.6. The van der Waals surface area contributed by atoms with Crippen molar-refractivity contribution >= 4 is 26.2 Å². The Labute approximate surface area is 312 Å². The summed E-state index contributed by atoms with van der Waals surface area (Å²) >= 11 is 0. The van der Waals surface area contributed by atoms with E-state index in [4.69, 9.17) is 27.1 Å². The Morgan fingerprint density at radius 2 is 1.77 bits per heavy atom. The largest absolute Gasteiger partial charge is 0.411 e. The molecule has 53 heavy (non-hydrogen) atoms. The van der Waals surface area contributed by atoms with Crippen LogP contribution in [0.1, 0.15) is 72.6 Å². The van der Waals surface area contributed by atoms with Crippen LogP contribution in [-0.2, 0) is 41.8 Å². The van der Waals surface area contributed by atoms with Crippen molar-refractivity contribution in [2.75, 3.05) is 33.4 Å². The summed E-state index contributed by atoms with van der Waals surface area (Å²) in [7, 11) is -9.28. The van der Waals surface area contributed by atoms with Gasteiger partial charge < -0.3 is 13.9 Å². The Bertz CT molecular complexity index is 1830. The van der Waals surface area contributed by atoms with Crippen molar-refractivity contribution in [3.8, 4) is 0 Å². The van der Waals surface area contributed by atoms with E-state index >= 15 is 0 Å². The van der Waals surface area contributed by atoms with Gasteiger partial charge in [0.1, 0.15) is 18.6 Å². The molecule has 0 bridgehead atoms. The molecule has 2 aliphatic rings. The van der Waals surface area contributed by atoms with Gasteiger partial charge in [-0.25, -0.2) is 14.0 Å². The molecule has 15 nitrogen and oxygen atoms in total. The number of hydrogen-bond donors (Lipinski definition) is 2. The van der Waals surface area contributed by atoms with E-state index in [-0.39, 0.29) is 60.6 Å². The number of aromatic nitrogens is 2. The third-order valence-electron chi connectivity index (χ3n) is 9.83. The van der Waals surface area contributed by atoms with Crippen LogP contribution in [0.15, 0.2) is 44.9 Å². The maximum Gasteiger partial charge on any atom is 0.408 e. The highest BCUT2D eigenvalue weighted by Gasteiger charge is 2.46. The number of H-pyrrole nitrogens is 1. The van der Waals surface area contributed by atoms with Crippen LogP contribution < -0.4 is 16.6 Å². The molecule has 2 saturated heterocycles. The van der Waals surface area contributed by atoms with E-state index < -0.39 is 61.7 Å². The van der Waals surface area contributed by atoms with Gasteiger partial charge in [-0.05, 0) is 71.4 Å². The zero-order chi connectivity index (χ0) is 39.6. The molecule has 300 valence electrons. The standard InChI is InChI=1S/C34H56FN4O11PSSi/c1-23-11-13-25(14-12-23)52(43,44)47-18-16-38(8)51(42,45-17-15-29-37-34(6,7)20-24(2)48-29)46-22-28-27(50-53(9,10)33(3,4)5)19-30(49-28)39-21-26(35)31(40)36-32(39)41/h11-14,21,24,27-30,37H,15-20,22H2,1-10H3,(H,36,40,41)/t24?,27-,28+,29?,30+,51?/m0/s1. The first-order valence-corrected chi connectivity index (χ1v) is 23.6. The van der Waals surface area contributed by atoms with Crippen LogP contribution in [0.2, 0.25) is 18.1 Å². The molecule has 2 N–H and O–H groups in total. The number of benzene rings is 1. The highest BCUT2D eigenvalue weighted by molar-refractivity contribution is 7.86. The van der Waals surface area contributed by atoms with Crippen molar-refractivity contribution in [2.45, 2.75) is 127 Å². The fraction of sp³-hybridized carbons (Fsp3) is 0.706. The molecule has 3 heterocycles. The fourth-order valence-electron chi connectivity index (χ4n) is 5.94. The smallest absolute Gasteiger partial charge is 0.408 e. The molecule has 6 atom stereocenters. The third kappa shape index (κ3) is 11.5. The van der Waals surface area contributed by atoms with E-state index in [1.54, 1.807) is 12.1 Å². The molecule has 2 aliphatic heterocycles. The van der Waals surface area contributed by atoms with Gasteiger partial charge >= 0.3 is 13.4 Å². The lowest BCUT2D eigenvalue weighted by atomic mass is 9.95. The van der Waals surface area contributed by atoms with Crippen LogP contribution in [-0.4, -0.2) is 94.4 Å². The molecule has 0 aliphatic carbocycles. The van der Waals surface area contributed by atoms with E-state index in [0.717, 1.165) is 22.7 Å². The average molecular weight is 807 g/mol. The van der Waals surface area contributed by atoms with E-state index in [9.17, 15) is 27.0 Å². The normalized spacial score (nSPS) is 25.1. The van der Waals surface area contributed by atoms with Gasteiger partial charge in [-0.2, -0.15) is 12.8 Å². The summed E-state index contributed by atoms with van der Waals surface area (Å²) in [6.07, 6.45) is -0.972. The molecule has 0 spiro atoms. The van der Waals surface area contributed by atoms with Gasteiger partial charge in [0.25, 0.3) is 15.7 Å². The van der Waals surface area contributed by atoms with Crippen LogP contribution >= 0.6 is 7.75 Å². The molecule has 2 fully saturated rings. The number of aromatic amines is 1. The SMILES string of the molecule is Cc1ccc(S(=O)(=O)OCCN(C)P(=O)(OCCC2NC(C)(C)CC(C)O2)OC[C@H]2O[C@@H](n3cc(F)c(=O)[nH]c3=O)C[C@@H]2O[Si](C)(C)C(C)(C)C)cc1. The van der Waals surface area contributed by atoms with Crippen LogP contribution in [0.3, 0.4) is 0 Å². The third-order valence-corrected chi connectivity index (χ3v) is 17.7. The number of nitrogens with zero attached hydrogens (tertiary/aromatic N) is 2. The predicted molar refractivity (Wildman–Crippen MR) is 199 cm³/mol. The topological polar surface area (TPSA) is 177 Å². The van der Waals surface area contributed by atoms with Gasteiger partial charge in [0.15, 0.2) is 8.32 Å². The van der Waals surface area contributed by atoms with Crippen molar-refractivity contribution in [1.29, 1.82) is 0 Å². The number of halogens is 1. The lowest BCUT2D eigenvalue weighted by molar-refractivity contribution is -0.0943. The lowest BCUT2D eigenvalue weighted by Crippen LogP contribution is -2.55. The molecule has 1 aromatic carbocycles. The second-order valence-electron chi connectivity index (χ2n) is 15.9. The summed E-state index contributed by atoms with van der Waals surface area (Å²) in [4.78, 5) is 26.4. The molecule has 19 heteroatoms. The second kappa shape index (κ2) is 17.0. The van der Waals surface area contributed by atoms with Crippen molar-refractivity contribution < 1.29 is 44.5 Å². The number of likely N-dealkylation sites (N-methyl/N-ethyl adjacent to an activating group) is 1. The first-order valence-electron chi connectivity index (χ1n) is 17.8. The number of rotatable bonds is 16. The Morgan fingerprint density at radius 3 is 2.40 bits per heavy atom. The monoisotopic (exact) mass is 806 g/mol. The molecular weight excluding hydrogens is 751 g/mol. The van der Waals surface area contributed by atoms with Crippen molar-refractivity contribution in [3.05, 3.63) is 62.7 Å². The predicted octanol–water partition coefficient (Wildman–Crippen LogP) is 5.03. The van der Waals surface area contributed by atoms with Crippen LogP contribution in [0.25, 0.3) is 0 Å². The van der Waals surface area contributed by atoms with E-state index in [2.05, 4.69) is 39.9 Å². The summed E-state index contributed by atoms with van der Waals surface area (Å²) in [6, 6.07) is 6.21. The Kier molecular flexibility index (Phi) is 14.0. The minimum absolute atomic E-state index is 0.0108. The van der Waals surface area contributed by atoms with Gasteiger partial charge in [0, 0.05) is 24.9 Å². The Hall–Kier alpha value is -2.09. The first-order chi connectivity index (χ1) is 24.4. The molecule has 0 radical (unpaired) electrons. The molecule has 0 amide bonds. The van der Waals surface area contributed by atoms with Crippen molar-refractivity contribution in [1.82, 2.24) is 19.5 Å². The van der Waals surface area contributed by atoms with E-state index in [0.29, 0.717) is 6.42 Å². The average Bonchev–Trinajstić information content (AvgIpc) is 3.41. The minimum atomic E-state index is -4.19. The molecule has 0 saturated carbocycles. The van der Waals surface area contributed by atoms with Crippen molar-refractivity contribution in [2.24, 2.45) is 0 Å². The zero-order valence-corrected chi connectivity index (χ0v) is 35.1. The molecule has 4 rings (SSSR count).